The van der Waals surface area contributed by atoms with E-state index >= 15 is 0 Å². The number of carbonyl (C=O) groups excluding carboxylic acids is 4. The number of carbonyl (C=O) groups is 4. The molecule has 546 valence electrons. The second-order valence-electron chi connectivity index (χ2n) is 26.3. The lowest BCUT2D eigenvalue weighted by atomic mass is 10.0. The van der Waals surface area contributed by atoms with Gasteiger partial charge in [0.2, 0.25) is 0 Å². The van der Waals surface area contributed by atoms with Crippen LogP contribution in [0.3, 0.4) is 0 Å². The molecule has 3 N–H and O–H groups in total. The highest BCUT2D eigenvalue weighted by atomic mass is 31.2. The molecule has 0 saturated heterocycles. The molecule has 0 spiro atoms. The van der Waals surface area contributed by atoms with E-state index in [0.29, 0.717) is 25.7 Å². The molecular formula is C73H142O17P2. The van der Waals surface area contributed by atoms with E-state index in [2.05, 4.69) is 27.7 Å². The molecular weight excluding hydrogens is 1210 g/mol. The van der Waals surface area contributed by atoms with Crippen LogP contribution in [0.2, 0.25) is 0 Å². The van der Waals surface area contributed by atoms with E-state index in [4.69, 9.17) is 37.0 Å². The third-order valence-corrected chi connectivity index (χ3v) is 19.0. The van der Waals surface area contributed by atoms with Crippen LogP contribution in [0.15, 0.2) is 0 Å². The number of phosphoric ester groups is 2. The summed E-state index contributed by atoms with van der Waals surface area (Å²) in [5.41, 5.74) is 0. The normalized spacial score (nSPS) is 13.9. The maximum absolute atomic E-state index is 13.1. The van der Waals surface area contributed by atoms with Gasteiger partial charge in [0.15, 0.2) is 12.2 Å². The second kappa shape index (κ2) is 67.6. The lowest BCUT2D eigenvalue weighted by molar-refractivity contribution is -0.161. The molecule has 5 atom stereocenters. The number of aliphatic hydroxyl groups excluding tert-OH is 1. The highest BCUT2D eigenvalue weighted by molar-refractivity contribution is 7.47. The molecule has 0 aliphatic heterocycles. The van der Waals surface area contributed by atoms with Crippen LogP contribution in [0.25, 0.3) is 0 Å². The van der Waals surface area contributed by atoms with Crippen molar-refractivity contribution in [3.8, 4) is 0 Å². The molecule has 0 heterocycles. The SMILES string of the molecule is CCCCCCCCCCCCCCCCCCCC(=O)O[C@H](COC(=O)CCCCCCCCCCCCCCCC)COP(=O)(O)OC[C@@H](O)COP(=O)(O)OC[C@@H](COC(=O)CCCCCCCCCCCC)OC(=O)CCCCCCCCCCCCC. The van der Waals surface area contributed by atoms with E-state index in [1.807, 2.05) is 0 Å². The molecule has 0 radical (unpaired) electrons. The van der Waals surface area contributed by atoms with Gasteiger partial charge in [-0.15, -0.1) is 0 Å². The molecule has 0 rings (SSSR count). The summed E-state index contributed by atoms with van der Waals surface area (Å²) in [6.45, 7) is 4.96. The molecule has 0 amide bonds. The molecule has 0 fully saturated rings. The Morgan fingerprint density at radius 3 is 0.641 bits per heavy atom. The summed E-state index contributed by atoms with van der Waals surface area (Å²) in [5.74, 6) is -2.11. The zero-order valence-electron chi connectivity index (χ0n) is 59.5. The van der Waals surface area contributed by atoms with Crippen molar-refractivity contribution >= 4 is 39.5 Å². The highest BCUT2D eigenvalue weighted by Crippen LogP contribution is 2.45. The van der Waals surface area contributed by atoms with Crippen molar-refractivity contribution in [2.75, 3.05) is 39.6 Å². The van der Waals surface area contributed by atoms with E-state index < -0.39 is 97.5 Å². The Morgan fingerprint density at radius 1 is 0.261 bits per heavy atom. The van der Waals surface area contributed by atoms with Crippen LogP contribution in [0.5, 0.6) is 0 Å². The fourth-order valence-electron chi connectivity index (χ4n) is 11.2. The Morgan fingerprint density at radius 2 is 0.435 bits per heavy atom. The third kappa shape index (κ3) is 66.7. The minimum atomic E-state index is -4.95. The number of unbranched alkanes of at least 4 members (excludes halogenated alkanes) is 48. The highest BCUT2D eigenvalue weighted by Gasteiger charge is 2.30. The summed E-state index contributed by atoms with van der Waals surface area (Å²) in [7, 11) is -9.90. The Kier molecular flexibility index (Phi) is 66.2. The van der Waals surface area contributed by atoms with E-state index in [-0.39, 0.29) is 25.7 Å². The summed E-state index contributed by atoms with van der Waals surface area (Å²) < 4.78 is 68.4. The largest absolute Gasteiger partial charge is 0.472 e. The number of aliphatic hydroxyl groups is 1. The van der Waals surface area contributed by atoms with Crippen LogP contribution in [0.4, 0.5) is 0 Å². The number of ether oxygens (including phenoxy) is 4. The summed E-state index contributed by atoms with van der Waals surface area (Å²) in [5, 5.41) is 10.6. The molecule has 0 aliphatic rings. The van der Waals surface area contributed by atoms with Crippen LogP contribution in [0.1, 0.15) is 387 Å². The molecule has 0 aromatic heterocycles. The predicted octanol–water partition coefficient (Wildman–Crippen LogP) is 21.4. The summed E-state index contributed by atoms with van der Waals surface area (Å²) in [6, 6.07) is 0. The number of hydrogen-bond acceptors (Lipinski definition) is 15. The average Bonchev–Trinajstić information content (AvgIpc) is 3.55. The minimum absolute atomic E-state index is 0.108. The Labute approximate surface area is 562 Å². The van der Waals surface area contributed by atoms with E-state index in [0.717, 1.165) is 89.9 Å². The van der Waals surface area contributed by atoms with Crippen molar-refractivity contribution in [2.24, 2.45) is 0 Å². The predicted molar refractivity (Wildman–Crippen MR) is 372 cm³/mol. The van der Waals surface area contributed by atoms with Gasteiger partial charge in [-0.1, -0.05) is 336 Å². The minimum Gasteiger partial charge on any atom is -0.462 e. The molecule has 17 nitrogen and oxygen atoms in total. The van der Waals surface area contributed by atoms with Crippen LogP contribution in [0, 0.1) is 0 Å². The van der Waals surface area contributed by atoms with Crippen molar-refractivity contribution < 1.29 is 80.2 Å². The second-order valence-corrected chi connectivity index (χ2v) is 29.2. The van der Waals surface area contributed by atoms with Crippen molar-refractivity contribution in [1.29, 1.82) is 0 Å². The first kappa shape index (κ1) is 90.1. The van der Waals surface area contributed by atoms with Crippen LogP contribution < -0.4 is 0 Å². The third-order valence-electron chi connectivity index (χ3n) is 17.1. The van der Waals surface area contributed by atoms with Crippen LogP contribution in [-0.4, -0.2) is 96.7 Å². The van der Waals surface area contributed by atoms with Crippen molar-refractivity contribution in [2.45, 2.75) is 406 Å². The molecule has 19 heteroatoms. The zero-order valence-corrected chi connectivity index (χ0v) is 61.3. The summed E-state index contributed by atoms with van der Waals surface area (Å²) >= 11 is 0. The fraction of sp³-hybridized carbons (Fsp3) is 0.945. The van der Waals surface area contributed by atoms with E-state index in [1.165, 1.54) is 218 Å². The first-order valence-electron chi connectivity index (χ1n) is 38.3. The van der Waals surface area contributed by atoms with Gasteiger partial charge >= 0.3 is 39.5 Å². The Bertz CT molecular complexity index is 1760. The topological polar surface area (TPSA) is 237 Å². The molecule has 0 aromatic rings. The van der Waals surface area contributed by atoms with Gasteiger partial charge < -0.3 is 33.8 Å². The monoisotopic (exact) mass is 1350 g/mol. The smallest absolute Gasteiger partial charge is 0.462 e. The Balaban J connectivity index is 5.23. The van der Waals surface area contributed by atoms with E-state index in [1.54, 1.807) is 0 Å². The molecule has 0 bridgehead atoms. The van der Waals surface area contributed by atoms with Gasteiger partial charge in [-0.05, 0) is 25.7 Å². The van der Waals surface area contributed by atoms with Gasteiger partial charge in [-0.25, -0.2) is 9.13 Å². The molecule has 0 aliphatic carbocycles. The maximum atomic E-state index is 13.1. The van der Waals surface area contributed by atoms with Crippen molar-refractivity contribution in [3.63, 3.8) is 0 Å². The molecule has 2 unspecified atom stereocenters. The van der Waals surface area contributed by atoms with Crippen LogP contribution in [-0.2, 0) is 65.4 Å². The fourth-order valence-corrected chi connectivity index (χ4v) is 12.8. The first-order chi connectivity index (χ1) is 44.7. The van der Waals surface area contributed by atoms with Gasteiger partial charge in [0.05, 0.1) is 26.4 Å². The van der Waals surface area contributed by atoms with Crippen molar-refractivity contribution in [3.05, 3.63) is 0 Å². The van der Waals surface area contributed by atoms with Crippen LogP contribution >= 0.6 is 15.6 Å². The zero-order chi connectivity index (χ0) is 67.5. The number of phosphoric acid groups is 2. The average molecular weight is 1350 g/mol. The summed E-state index contributed by atoms with van der Waals surface area (Å²) in [4.78, 5) is 72.6. The van der Waals surface area contributed by atoms with Gasteiger partial charge in [0.25, 0.3) is 0 Å². The van der Waals surface area contributed by atoms with E-state index in [9.17, 15) is 43.2 Å². The maximum Gasteiger partial charge on any atom is 0.472 e. The number of rotatable bonds is 74. The Hall–Kier alpha value is -1.94. The van der Waals surface area contributed by atoms with Gasteiger partial charge in [0, 0.05) is 25.7 Å². The first-order valence-corrected chi connectivity index (χ1v) is 41.3. The summed E-state index contributed by atoms with van der Waals surface area (Å²) in [6.07, 6.45) is 56.7. The quantitative estimate of drug-likeness (QED) is 0.0222. The molecule has 0 aromatic carbocycles. The lowest BCUT2D eigenvalue weighted by Gasteiger charge is -2.21. The molecule has 0 saturated carbocycles. The number of esters is 4. The molecule has 92 heavy (non-hydrogen) atoms. The standard InChI is InChI=1S/C73H142O17P2/c1-5-9-13-17-21-25-29-31-33-34-35-37-40-44-48-52-56-60-73(78)90-69(64-84-71(76)58-54-50-46-42-39-36-32-30-26-22-18-14-10-6-2)66-88-92(81,82)86-62-67(74)61-85-91(79,80)87-65-68(63-83-70(75)57-53-49-45-41-28-24-20-16-12-8-4)89-72(77)59-55-51-47-43-38-27-23-19-15-11-7-3/h67-69,74H,5-66H2,1-4H3,(H,79,80)(H,81,82)/t67-,68+,69+/m0/s1. The van der Waals surface area contributed by atoms with Gasteiger partial charge in [0.1, 0.15) is 19.3 Å². The lowest BCUT2D eigenvalue weighted by Crippen LogP contribution is -2.30. The van der Waals surface area contributed by atoms with Gasteiger partial charge in [-0.2, -0.15) is 0 Å². The van der Waals surface area contributed by atoms with Gasteiger partial charge in [-0.3, -0.25) is 37.3 Å². The van der Waals surface area contributed by atoms with Crippen molar-refractivity contribution in [1.82, 2.24) is 0 Å². The number of hydrogen-bond donors (Lipinski definition) is 3.